The van der Waals surface area contributed by atoms with Gasteiger partial charge in [-0.05, 0) is 90.2 Å². The van der Waals surface area contributed by atoms with E-state index in [1.807, 2.05) is 352 Å². The van der Waals surface area contributed by atoms with Gasteiger partial charge in [-0.3, -0.25) is 0 Å². The van der Waals surface area contributed by atoms with Crippen LogP contribution in [-0.2, 0) is 185 Å². The Morgan fingerprint density at radius 3 is 0.951 bits per heavy atom. The first-order chi connectivity index (χ1) is 70.3. The molecule has 0 spiro atoms. The van der Waals surface area contributed by atoms with Crippen molar-refractivity contribution in [2.24, 2.45) is 0 Å². The molecule has 5 aliphatic rings. The van der Waals surface area contributed by atoms with Crippen molar-refractivity contribution in [1.82, 2.24) is 0 Å². The third kappa shape index (κ3) is 28.9. The molecule has 23 heteroatoms. The number of rotatable bonds is 50. The maximum absolute atomic E-state index is 7.89. The van der Waals surface area contributed by atoms with Gasteiger partial charge in [0.25, 0.3) is 0 Å². The van der Waals surface area contributed by atoms with Crippen LogP contribution in [0.25, 0.3) is 0 Å². The summed E-state index contributed by atoms with van der Waals surface area (Å²) in [6.45, 7) is 4.68. The number of methoxy groups -OCH3 is 1. The van der Waals surface area contributed by atoms with Gasteiger partial charge >= 0.3 is 0 Å². The minimum Gasteiger partial charge on any atom is -0.497 e. The lowest BCUT2D eigenvalue weighted by Gasteiger charge is -2.51. The Hall–Kier alpha value is -10.8. The summed E-state index contributed by atoms with van der Waals surface area (Å²) in [5.41, 5.74) is 12.3. The number of fused-ring (bicyclic) bond motifs is 1. The molecule has 5 fully saturated rings. The molecular weight excluding hydrogens is 1810 g/mol. The van der Waals surface area contributed by atoms with E-state index in [0.29, 0.717) is 11.5 Å². The SMILES string of the molecule is CCS[C@@H]1O[C@H](COCc2cccc(CO[C@@H]3[C@H](OCc4ccc(OC)cc4)[C@@H](OCc4ccccc4)[C@H](O[C@H]4[C@H](OCc5ccccc5)[C@@H](OCc5ccccc5)[C@H](OCc5ccccc5)O[C@@H]4COCc4ccccc4)O[C@@H]3COCc3ccccc3)c2)[C@@H](O[C@H]2O[C@@H]3COC(c4ccccc4)O[C@H]3[C@H](OCc3ccccc3)[C@H]2OCc2ccccc2)[C@H](OCc2ccccc2)[C@H]1OCc1ccccc1. The molecule has 13 aromatic rings. The van der Waals surface area contributed by atoms with E-state index in [1.54, 1.807) is 18.9 Å². The summed E-state index contributed by atoms with van der Waals surface area (Å²) in [6, 6.07) is 127. The Labute approximate surface area is 837 Å². The predicted octanol–water partition coefficient (Wildman–Crippen LogP) is 21.0. The van der Waals surface area contributed by atoms with Crippen LogP contribution in [0, 0.1) is 0 Å². The van der Waals surface area contributed by atoms with Gasteiger partial charge in [0.15, 0.2) is 25.2 Å². The number of benzene rings is 13. The molecule has 21 atom stereocenters. The fraction of sp³-hybridized carbons (Fsp3) is 0.345. The van der Waals surface area contributed by atoms with Crippen molar-refractivity contribution in [3.8, 4) is 5.75 Å². The summed E-state index contributed by atoms with van der Waals surface area (Å²) < 4.78 is 159. The van der Waals surface area contributed by atoms with Gasteiger partial charge in [0.1, 0.15) is 109 Å². The molecule has 0 aromatic heterocycles. The molecule has 0 radical (unpaired) electrons. The molecular formula is C119H126O22S. The third-order valence-electron chi connectivity index (χ3n) is 25.7. The minimum atomic E-state index is -1.27. The molecule has 22 nitrogen and oxygen atoms in total. The highest BCUT2D eigenvalue weighted by molar-refractivity contribution is 7.99. The fourth-order valence-electron chi connectivity index (χ4n) is 18.4. The first kappa shape index (κ1) is 101. The zero-order chi connectivity index (χ0) is 96.3. The Morgan fingerprint density at radius 2 is 0.535 bits per heavy atom. The molecule has 0 aliphatic carbocycles. The molecule has 740 valence electrons. The first-order valence-corrected chi connectivity index (χ1v) is 50.2. The van der Waals surface area contributed by atoms with Crippen LogP contribution in [0.3, 0.4) is 0 Å². The molecule has 0 amide bonds. The van der Waals surface area contributed by atoms with Crippen molar-refractivity contribution in [2.45, 2.75) is 221 Å². The smallest absolute Gasteiger partial charge is 0.187 e. The average Bonchev–Trinajstić information content (AvgIpc) is 0.778. The molecule has 0 bridgehead atoms. The average molecular weight is 1940 g/mol. The molecule has 0 N–H and O–H groups in total. The second-order valence-electron chi connectivity index (χ2n) is 35.9. The standard InChI is InChI=1S/C119H126O22S/c1-3-142-119-114(132-76-92-54-31-12-32-55-92)110(128-72-88-46-23-8-24-47-88)105(141-118-113(131-75-91-52-29-11-30-53-91)109(127-71-87-44-21-7-22-45-87)106-102(137-118)83-134-115(139-106)97-60-35-14-36-61-97)101(138-119)82-123-69-95-58-37-59-96(66-95)79-124-103-99(80-121-67-84-38-15-4-16-39-84)136-117(112(130-74-90-50-27-10-28-51-90)107(103)125-77-94-62-64-98(120-2)65-63-94)140-104-100(81-122-68-85-40-17-5-18-41-85)135-116(133-78-93-56-33-13-34-57-93)111(129-73-89-48-25-9-26-49-89)108(104)126-70-86-42-19-6-20-43-86/h4-66,99-119H,3,67-83H2,1-2H3/t99-,100-,101-,102-,103+,104-,105-,106-,107+,108+,109+,110+,111-,112-,113-,114-,115?,116-,117+,118-,119+/m1/s1. The van der Waals surface area contributed by atoms with Crippen LogP contribution < -0.4 is 4.74 Å². The van der Waals surface area contributed by atoms with E-state index in [4.69, 9.17) is 104 Å². The largest absolute Gasteiger partial charge is 0.497 e. The number of thioether (sulfide) groups is 1. The maximum Gasteiger partial charge on any atom is 0.187 e. The summed E-state index contributed by atoms with van der Waals surface area (Å²) in [5.74, 6) is 1.38. The molecule has 5 aliphatic heterocycles. The quantitative estimate of drug-likeness (QED) is 0.0348. The van der Waals surface area contributed by atoms with E-state index in [2.05, 4.69) is 37.3 Å². The lowest BCUT2D eigenvalue weighted by Crippen LogP contribution is -2.66. The first-order valence-electron chi connectivity index (χ1n) is 49.2. The van der Waals surface area contributed by atoms with Crippen LogP contribution >= 0.6 is 11.8 Å². The minimum absolute atomic E-state index is 0.0115. The monoisotopic (exact) mass is 1940 g/mol. The van der Waals surface area contributed by atoms with Gasteiger partial charge in [0, 0.05) is 5.56 Å². The Bertz CT molecular complexity index is 5720. The second-order valence-corrected chi connectivity index (χ2v) is 37.2. The van der Waals surface area contributed by atoms with Crippen LogP contribution in [0.2, 0.25) is 0 Å². The summed E-state index contributed by atoms with van der Waals surface area (Å²) in [7, 11) is 1.65. The van der Waals surface area contributed by atoms with E-state index < -0.39 is 128 Å². The fourth-order valence-corrected chi connectivity index (χ4v) is 19.4. The number of hydrogen-bond acceptors (Lipinski definition) is 23. The highest BCUT2D eigenvalue weighted by Gasteiger charge is 2.58. The van der Waals surface area contributed by atoms with Crippen molar-refractivity contribution in [3.63, 3.8) is 0 Å². The van der Waals surface area contributed by atoms with E-state index in [-0.39, 0.29) is 112 Å². The normalized spacial score (nSPS) is 25.5. The molecule has 5 saturated heterocycles. The van der Waals surface area contributed by atoms with Gasteiger partial charge in [-0.15, -0.1) is 11.8 Å². The summed E-state index contributed by atoms with van der Waals surface area (Å²) in [5, 5.41) is 0. The number of ether oxygens (including phenoxy) is 22. The van der Waals surface area contributed by atoms with Crippen molar-refractivity contribution in [1.29, 1.82) is 0 Å². The third-order valence-corrected chi connectivity index (χ3v) is 26.7. The van der Waals surface area contributed by atoms with Crippen molar-refractivity contribution in [2.75, 3.05) is 39.3 Å². The van der Waals surface area contributed by atoms with Crippen LogP contribution in [0.5, 0.6) is 5.75 Å². The van der Waals surface area contributed by atoms with Crippen LogP contribution in [-0.4, -0.2) is 161 Å². The summed E-state index contributed by atoms with van der Waals surface area (Å²) in [4.78, 5) is 0. The highest BCUT2D eigenvalue weighted by Crippen LogP contribution is 2.44. The van der Waals surface area contributed by atoms with Gasteiger partial charge in [-0.25, -0.2) is 0 Å². The summed E-state index contributed by atoms with van der Waals surface area (Å²) >= 11 is 1.64. The van der Waals surface area contributed by atoms with Crippen molar-refractivity contribution < 1.29 is 104 Å². The van der Waals surface area contributed by atoms with Crippen LogP contribution in [0.1, 0.15) is 91.1 Å². The van der Waals surface area contributed by atoms with Gasteiger partial charge in [0.05, 0.1) is 119 Å². The van der Waals surface area contributed by atoms with E-state index >= 15 is 0 Å². The Kier molecular flexibility index (Phi) is 38.3. The zero-order valence-electron chi connectivity index (χ0n) is 80.1. The lowest BCUT2D eigenvalue weighted by atomic mass is 9.95. The van der Waals surface area contributed by atoms with Crippen LogP contribution in [0.4, 0.5) is 0 Å². The molecule has 1 unspecified atom stereocenters. The molecule has 142 heavy (non-hydrogen) atoms. The van der Waals surface area contributed by atoms with Gasteiger partial charge in [-0.1, -0.05) is 377 Å². The summed E-state index contributed by atoms with van der Waals surface area (Å²) in [6.07, 6.45) is -18.1. The molecule has 13 aromatic carbocycles. The second kappa shape index (κ2) is 53.7. The van der Waals surface area contributed by atoms with Crippen molar-refractivity contribution >= 4 is 11.8 Å². The van der Waals surface area contributed by atoms with E-state index in [1.165, 1.54) is 0 Å². The van der Waals surface area contributed by atoms with Gasteiger partial charge in [-0.2, -0.15) is 0 Å². The van der Waals surface area contributed by atoms with E-state index in [9.17, 15) is 0 Å². The van der Waals surface area contributed by atoms with Crippen LogP contribution in [0.15, 0.2) is 382 Å². The Balaban J connectivity index is 0.679. The Morgan fingerprint density at radius 1 is 0.246 bits per heavy atom. The van der Waals surface area contributed by atoms with Crippen molar-refractivity contribution in [3.05, 3.63) is 460 Å². The predicted molar refractivity (Wildman–Crippen MR) is 537 cm³/mol. The van der Waals surface area contributed by atoms with E-state index in [0.717, 1.165) is 77.9 Å². The van der Waals surface area contributed by atoms with Gasteiger partial charge in [0.2, 0.25) is 0 Å². The van der Waals surface area contributed by atoms with Gasteiger partial charge < -0.3 is 104 Å². The maximum atomic E-state index is 7.89. The lowest BCUT2D eigenvalue weighted by molar-refractivity contribution is -0.389. The number of hydrogen-bond donors (Lipinski definition) is 0. The highest BCUT2D eigenvalue weighted by atomic mass is 32.2. The molecule has 0 saturated carbocycles. The topological polar surface area (TPSA) is 203 Å². The molecule has 5 heterocycles. The molecule has 18 rings (SSSR count). The zero-order valence-corrected chi connectivity index (χ0v) is 80.9.